The highest BCUT2D eigenvalue weighted by atomic mass is 16.5. The van der Waals surface area contributed by atoms with Crippen molar-refractivity contribution in [2.24, 2.45) is 5.92 Å². The molecule has 3 heterocycles. The SMILES string of the molecule is COCCN1C[C@@H](CNc2nc(C)nc3c2Cc2ccccc2OC3)CC1=O. The van der Waals surface area contributed by atoms with Crippen LogP contribution in [0.15, 0.2) is 24.3 Å². The van der Waals surface area contributed by atoms with Gasteiger partial charge in [0.05, 0.1) is 12.3 Å². The minimum atomic E-state index is 0.198. The Morgan fingerprint density at radius 1 is 1.32 bits per heavy atom. The summed E-state index contributed by atoms with van der Waals surface area (Å²) in [5.74, 6) is 2.94. The van der Waals surface area contributed by atoms with Crippen LogP contribution in [0.2, 0.25) is 0 Å². The highest BCUT2D eigenvalue weighted by Gasteiger charge is 2.29. The molecule has 28 heavy (non-hydrogen) atoms. The van der Waals surface area contributed by atoms with Crippen molar-refractivity contribution < 1.29 is 14.3 Å². The van der Waals surface area contributed by atoms with Crippen molar-refractivity contribution in [3.05, 3.63) is 46.9 Å². The van der Waals surface area contributed by atoms with Crippen LogP contribution in [0.3, 0.4) is 0 Å². The van der Waals surface area contributed by atoms with E-state index in [0.29, 0.717) is 32.7 Å². The highest BCUT2D eigenvalue weighted by Crippen LogP contribution is 2.31. The van der Waals surface area contributed by atoms with E-state index in [-0.39, 0.29) is 11.8 Å². The van der Waals surface area contributed by atoms with Gasteiger partial charge in [-0.3, -0.25) is 4.79 Å². The summed E-state index contributed by atoms with van der Waals surface area (Å²) >= 11 is 0. The topological polar surface area (TPSA) is 76.6 Å². The first-order valence-electron chi connectivity index (χ1n) is 9.71. The largest absolute Gasteiger partial charge is 0.487 e. The second-order valence-corrected chi connectivity index (χ2v) is 7.40. The summed E-state index contributed by atoms with van der Waals surface area (Å²) in [6, 6.07) is 8.08. The number of anilines is 1. The molecule has 1 atom stereocenters. The summed E-state index contributed by atoms with van der Waals surface area (Å²) < 4.78 is 11.0. The number of carbonyl (C=O) groups is 1. The van der Waals surface area contributed by atoms with E-state index in [2.05, 4.69) is 21.4 Å². The zero-order chi connectivity index (χ0) is 19.5. The van der Waals surface area contributed by atoms with E-state index in [1.807, 2.05) is 30.0 Å². The predicted molar refractivity (Wildman–Crippen MR) is 105 cm³/mol. The van der Waals surface area contributed by atoms with E-state index in [9.17, 15) is 4.79 Å². The van der Waals surface area contributed by atoms with Gasteiger partial charge in [-0.1, -0.05) is 18.2 Å². The molecule has 148 valence electrons. The fourth-order valence-electron chi connectivity index (χ4n) is 3.88. The van der Waals surface area contributed by atoms with E-state index in [1.165, 1.54) is 0 Å². The molecule has 1 saturated heterocycles. The number of rotatable bonds is 6. The van der Waals surface area contributed by atoms with Crippen LogP contribution in [0.25, 0.3) is 0 Å². The third kappa shape index (κ3) is 3.94. The van der Waals surface area contributed by atoms with Gasteiger partial charge < -0.3 is 19.7 Å². The number of carbonyl (C=O) groups excluding carboxylic acids is 1. The third-order valence-corrected chi connectivity index (χ3v) is 5.33. The normalized spacial score (nSPS) is 18.3. The van der Waals surface area contributed by atoms with Gasteiger partial charge in [-0.15, -0.1) is 0 Å². The van der Waals surface area contributed by atoms with Crippen LogP contribution in [0, 0.1) is 12.8 Å². The van der Waals surface area contributed by atoms with Gasteiger partial charge in [-0.05, 0) is 18.6 Å². The molecule has 1 aromatic carbocycles. The first-order chi connectivity index (χ1) is 13.6. The van der Waals surface area contributed by atoms with Crippen molar-refractivity contribution in [3.63, 3.8) is 0 Å². The molecule has 0 unspecified atom stereocenters. The Bertz CT molecular complexity index is 871. The molecule has 1 aromatic heterocycles. The number of fused-ring (bicyclic) bond motifs is 2. The standard InChI is InChI=1S/C21H26N4O3/c1-14-23-18-13-28-19-6-4-3-5-16(19)10-17(18)21(24-14)22-11-15-9-20(26)25(12-15)7-8-27-2/h3-6,15H,7-13H2,1-2H3,(H,22,23,24)/t15-/m1/s1. The number of nitrogens with zero attached hydrogens (tertiary/aromatic N) is 3. The van der Waals surface area contributed by atoms with Crippen molar-refractivity contribution in [3.8, 4) is 5.75 Å². The second-order valence-electron chi connectivity index (χ2n) is 7.40. The van der Waals surface area contributed by atoms with E-state index in [0.717, 1.165) is 47.2 Å². The fraction of sp³-hybridized carbons (Fsp3) is 0.476. The van der Waals surface area contributed by atoms with Crippen LogP contribution in [-0.4, -0.2) is 54.1 Å². The number of amides is 1. The molecule has 2 aliphatic rings. The van der Waals surface area contributed by atoms with Gasteiger partial charge in [0.1, 0.15) is 24.0 Å². The minimum Gasteiger partial charge on any atom is -0.487 e. The van der Waals surface area contributed by atoms with E-state index >= 15 is 0 Å². The number of methoxy groups -OCH3 is 1. The van der Waals surface area contributed by atoms with Gasteiger partial charge in [0.25, 0.3) is 0 Å². The first-order valence-corrected chi connectivity index (χ1v) is 9.71. The molecular weight excluding hydrogens is 356 g/mol. The average Bonchev–Trinajstić information content (AvgIpc) is 2.93. The smallest absolute Gasteiger partial charge is 0.223 e. The quantitative estimate of drug-likeness (QED) is 0.825. The average molecular weight is 382 g/mol. The molecule has 0 radical (unpaired) electrons. The lowest BCUT2D eigenvalue weighted by atomic mass is 10.0. The molecular formula is C21H26N4O3. The van der Waals surface area contributed by atoms with Gasteiger partial charge in [0.2, 0.25) is 5.91 Å². The molecule has 4 rings (SSSR count). The van der Waals surface area contributed by atoms with Crippen LogP contribution in [0.4, 0.5) is 5.82 Å². The van der Waals surface area contributed by atoms with Crippen LogP contribution in [0.1, 0.15) is 29.1 Å². The Morgan fingerprint density at radius 2 is 2.18 bits per heavy atom. The van der Waals surface area contributed by atoms with Crippen LogP contribution < -0.4 is 10.1 Å². The molecule has 7 nitrogen and oxygen atoms in total. The zero-order valence-electron chi connectivity index (χ0n) is 16.4. The number of aryl methyl sites for hydroxylation is 1. The fourth-order valence-corrected chi connectivity index (χ4v) is 3.88. The van der Waals surface area contributed by atoms with E-state index in [1.54, 1.807) is 7.11 Å². The molecule has 1 fully saturated rings. The first kappa shape index (κ1) is 18.7. The number of aromatic nitrogens is 2. The Kier molecular flexibility index (Phi) is 5.43. The Hall–Kier alpha value is -2.67. The summed E-state index contributed by atoms with van der Waals surface area (Å²) in [7, 11) is 1.66. The van der Waals surface area contributed by atoms with Crippen LogP contribution in [0.5, 0.6) is 5.75 Å². The number of para-hydroxylation sites is 1. The Morgan fingerprint density at radius 3 is 3.04 bits per heavy atom. The van der Waals surface area contributed by atoms with Crippen molar-refractivity contribution in [2.75, 3.05) is 38.7 Å². The lowest BCUT2D eigenvalue weighted by Gasteiger charge is -2.18. The summed E-state index contributed by atoms with van der Waals surface area (Å²) in [6.45, 7) is 5.03. The van der Waals surface area contributed by atoms with Gasteiger partial charge in [0, 0.05) is 51.1 Å². The number of likely N-dealkylation sites (tertiary alicyclic amines) is 1. The van der Waals surface area contributed by atoms with Crippen molar-refractivity contribution >= 4 is 11.7 Å². The minimum absolute atomic E-state index is 0.198. The maximum absolute atomic E-state index is 12.2. The Balaban J connectivity index is 1.49. The van der Waals surface area contributed by atoms with Gasteiger partial charge in [-0.25, -0.2) is 9.97 Å². The number of nitrogens with one attached hydrogen (secondary N) is 1. The van der Waals surface area contributed by atoms with Crippen LogP contribution in [-0.2, 0) is 22.6 Å². The number of hydrogen-bond acceptors (Lipinski definition) is 6. The van der Waals surface area contributed by atoms with Gasteiger partial charge in [-0.2, -0.15) is 0 Å². The molecule has 0 bridgehead atoms. The molecule has 2 aromatic rings. The predicted octanol–water partition coefficient (Wildman–Crippen LogP) is 2.18. The molecule has 0 spiro atoms. The van der Waals surface area contributed by atoms with E-state index < -0.39 is 0 Å². The maximum atomic E-state index is 12.2. The Labute approximate surface area is 165 Å². The number of hydrogen-bond donors (Lipinski definition) is 1. The lowest BCUT2D eigenvalue weighted by Crippen LogP contribution is -2.29. The van der Waals surface area contributed by atoms with Crippen molar-refractivity contribution in [1.82, 2.24) is 14.9 Å². The maximum Gasteiger partial charge on any atom is 0.223 e. The monoisotopic (exact) mass is 382 g/mol. The number of benzene rings is 1. The summed E-state index contributed by atoms with van der Waals surface area (Å²) in [5, 5.41) is 3.49. The highest BCUT2D eigenvalue weighted by molar-refractivity contribution is 5.78. The third-order valence-electron chi connectivity index (χ3n) is 5.33. The lowest BCUT2D eigenvalue weighted by molar-refractivity contribution is -0.128. The molecule has 1 N–H and O–H groups in total. The zero-order valence-corrected chi connectivity index (χ0v) is 16.4. The molecule has 2 aliphatic heterocycles. The second kappa shape index (κ2) is 8.14. The van der Waals surface area contributed by atoms with Crippen LogP contribution >= 0.6 is 0 Å². The molecule has 1 amide bonds. The van der Waals surface area contributed by atoms with Crippen molar-refractivity contribution in [1.29, 1.82) is 0 Å². The van der Waals surface area contributed by atoms with Gasteiger partial charge >= 0.3 is 0 Å². The summed E-state index contributed by atoms with van der Waals surface area (Å²) in [6.07, 6.45) is 1.30. The number of ether oxygens (including phenoxy) is 2. The summed E-state index contributed by atoms with van der Waals surface area (Å²) in [4.78, 5) is 23.3. The molecule has 0 aliphatic carbocycles. The summed E-state index contributed by atoms with van der Waals surface area (Å²) in [5.41, 5.74) is 3.14. The van der Waals surface area contributed by atoms with Crippen molar-refractivity contribution in [2.45, 2.75) is 26.4 Å². The van der Waals surface area contributed by atoms with Gasteiger partial charge in [0.15, 0.2) is 0 Å². The molecule has 7 heteroatoms. The van der Waals surface area contributed by atoms with E-state index in [4.69, 9.17) is 9.47 Å². The molecule has 0 saturated carbocycles.